The number of carbonyl (C=O) groups is 1. The van der Waals surface area contributed by atoms with Gasteiger partial charge in [0, 0.05) is 31.7 Å². The number of hydrogen-bond donors (Lipinski definition) is 2. The lowest BCUT2D eigenvalue weighted by Gasteiger charge is -2.18. The number of likely N-dealkylation sites (tertiary alicyclic amines) is 1. The number of rotatable bonds is 6. The highest BCUT2D eigenvalue weighted by molar-refractivity contribution is 5.94. The number of amides is 1. The van der Waals surface area contributed by atoms with E-state index in [1.165, 1.54) is 6.42 Å². The lowest BCUT2D eigenvalue weighted by molar-refractivity contribution is 0.0947. The summed E-state index contributed by atoms with van der Waals surface area (Å²) in [4.78, 5) is 14.6. The van der Waals surface area contributed by atoms with Gasteiger partial charge in [-0.05, 0) is 42.5 Å². The van der Waals surface area contributed by atoms with Crippen LogP contribution in [0.25, 0.3) is 0 Å². The molecule has 0 radical (unpaired) electrons. The molecule has 1 aliphatic rings. The number of benzene rings is 1. The average molecular weight is 289 g/mol. The van der Waals surface area contributed by atoms with Crippen LogP contribution < -0.4 is 11.1 Å². The molecule has 0 bridgehead atoms. The highest BCUT2D eigenvalue weighted by Gasteiger charge is 2.23. The summed E-state index contributed by atoms with van der Waals surface area (Å²) in [5.41, 5.74) is 7.32. The van der Waals surface area contributed by atoms with E-state index in [-0.39, 0.29) is 5.91 Å². The molecule has 0 spiro atoms. The van der Waals surface area contributed by atoms with Gasteiger partial charge in [0.05, 0.1) is 0 Å². The van der Waals surface area contributed by atoms with Gasteiger partial charge in [-0.15, -0.1) is 0 Å². The van der Waals surface area contributed by atoms with Crippen molar-refractivity contribution in [1.29, 1.82) is 0 Å². The van der Waals surface area contributed by atoms with Crippen molar-refractivity contribution < 1.29 is 4.79 Å². The standard InChI is InChI=1S/C17H27N3O/c1-13(2)11-20-8-7-15(12-20)10-19-17(21)16-5-3-14(9-18)4-6-16/h3-6,13,15H,7-12,18H2,1-2H3,(H,19,21). The molecular weight excluding hydrogens is 262 g/mol. The van der Waals surface area contributed by atoms with E-state index in [2.05, 4.69) is 24.1 Å². The molecule has 3 N–H and O–H groups in total. The van der Waals surface area contributed by atoms with Crippen LogP contribution in [-0.2, 0) is 6.54 Å². The summed E-state index contributed by atoms with van der Waals surface area (Å²) in [6.07, 6.45) is 1.18. The molecule has 1 aromatic carbocycles. The minimum atomic E-state index is 0.0147. The molecule has 4 heteroatoms. The molecule has 21 heavy (non-hydrogen) atoms. The minimum absolute atomic E-state index is 0.0147. The van der Waals surface area contributed by atoms with Crippen LogP contribution in [0.3, 0.4) is 0 Å². The average Bonchev–Trinajstić information content (AvgIpc) is 2.91. The maximum Gasteiger partial charge on any atom is 0.251 e. The Morgan fingerprint density at radius 3 is 2.71 bits per heavy atom. The molecule has 4 nitrogen and oxygen atoms in total. The zero-order valence-electron chi connectivity index (χ0n) is 13.1. The number of carbonyl (C=O) groups excluding carboxylic acids is 1. The Bertz CT molecular complexity index is 456. The fourth-order valence-electron chi connectivity index (χ4n) is 2.89. The predicted molar refractivity (Wildman–Crippen MR) is 86.1 cm³/mol. The molecule has 1 heterocycles. The van der Waals surface area contributed by atoms with Crippen LogP contribution in [0.5, 0.6) is 0 Å². The normalized spacial score (nSPS) is 19.1. The van der Waals surface area contributed by atoms with Crippen LogP contribution in [0.15, 0.2) is 24.3 Å². The van der Waals surface area contributed by atoms with Gasteiger partial charge in [0.25, 0.3) is 5.91 Å². The minimum Gasteiger partial charge on any atom is -0.352 e. The molecule has 1 aliphatic heterocycles. The highest BCUT2D eigenvalue weighted by Crippen LogP contribution is 2.16. The van der Waals surface area contributed by atoms with E-state index in [9.17, 15) is 4.79 Å². The quantitative estimate of drug-likeness (QED) is 0.840. The van der Waals surface area contributed by atoms with Gasteiger partial charge in [0.1, 0.15) is 0 Å². The molecule has 1 saturated heterocycles. The second kappa shape index (κ2) is 7.57. The van der Waals surface area contributed by atoms with Gasteiger partial charge in [-0.25, -0.2) is 0 Å². The fraction of sp³-hybridized carbons (Fsp3) is 0.588. The van der Waals surface area contributed by atoms with Gasteiger partial charge in [0.15, 0.2) is 0 Å². The second-order valence-corrected chi connectivity index (χ2v) is 6.42. The van der Waals surface area contributed by atoms with Crippen molar-refractivity contribution >= 4 is 5.91 Å². The van der Waals surface area contributed by atoms with E-state index in [0.717, 1.165) is 31.7 Å². The van der Waals surface area contributed by atoms with E-state index in [0.29, 0.717) is 23.9 Å². The smallest absolute Gasteiger partial charge is 0.251 e. The summed E-state index contributed by atoms with van der Waals surface area (Å²) in [5.74, 6) is 1.30. The molecule has 0 aromatic heterocycles. The first-order valence-electron chi connectivity index (χ1n) is 7.88. The SMILES string of the molecule is CC(C)CN1CCC(CNC(=O)c2ccc(CN)cc2)C1. The van der Waals surface area contributed by atoms with Crippen LogP contribution in [-0.4, -0.2) is 37.0 Å². The number of nitrogens with two attached hydrogens (primary N) is 1. The number of nitrogens with zero attached hydrogens (tertiary/aromatic N) is 1. The lowest BCUT2D eigenvalue weighted by atomic mass is 10.1. The topological polar surface area (TPSA) is 58.4 Å². The van der Waals surface area contributed by atoms with Crippen molar-refractivity contribution in [3.05, 3.63) is 35.4 Å². The van der Waals surface area contributed by atoms with Crippen molar-refractivity contribution in [2.45, 2.75) is 26.8 Å². The van der Waals surface area contributed by atoms with E-state index < -0.39 is 0 Å². The van der Waals surface area contributed by atoms with Crippen molar-refractivity contribution in [2.75, 3.05) is 26.2 Å². The van der Waals surface area contributed by atoms with Crippen LogP contribution in [0, 0.1) is 11.8 Å². The van der Waals surface area contributed by atoms with Gasteiger partial charge in [-0.2, -0.15) is 0 Å². The maximum absolute atomic E-state index is 12.1. The Balaban J connectivity index is 1.76. The zero-order chi connectivity index (χ0) is 15.2. The summed E-state index contributed by atoms with van der Waals surface area (Å²) in [6, 6.07) is 7.51. The Morgan fingerprint density at radius 1 is 1.38 bits per heavy atom. The van der Waals surface area contributed by atoms with Crippen LogP contribution >= 0.6 is 0 Å². The van der Waals surface area contributed by atoms with Gasteiger partial charge in [-0.3, -0.25) is 4.79 Å². The van der Waals surface area contributed by atoms with Crippen LogP contribution in [0.4, 0.5) is 0 Å². The van der Waals surface area contributed by atoms with E-state index in [4.69, 9.17) is 5.73 Å². The summed E-state index contributed by atoms with van der Waals surface area (Å²) in [6.45, 7) is 9.20. The first-order valence-corrected chi connectivity index (χ1v) is 7.88. The predicted octanol–water partition coefficient (Wildman–Crippen LogP) is 1.85. The largest absolute Gasteiger partial charge is 0.352 e. The van der Waals surface area contributed by atoms with Crippen molar-refractivity contribution in [1.82, 2.24) is 10.2 Å². The summed E-state index contributed by atoms with van der Waals surface area (Å²) < 4.78 is 0. The lowest BCUT2D eigenvalue weighted by Crippen LogP contribution is -2.31. The number of nitrogens with one attached hydrogen (secondary N) is 1. The Hall–Kier alpha value is -1.39. The first-order chi connectivity index (χ1) is 10.1. The van der Waals surface area contributed by atoms with Crippen LogP contribution in [0.1, 0.15) is 36.2 Å². The Morgan fingerprint density at radius 2 is 2.10 bits per heavy atom. The van der Waals surface area contributed by atoms with E-state index in [1.807, 2.05) is 24.3 Å². The van der Waals surface area contributed by atoms with Crippen molar-refractivity contribution in [3.63, 3.8) is 0 Å². The molecule has 1 atom stereocenters. The van der Waals surface area contributed by atoms with Crippen LogP contribution in [0.2, 0.25) is 0 Å². The maximum atomic E-state index is 12.1. The summed E-state index contributed by atoms with van der Waals surface area (Å²) in [5, 5.41) is 3.06. The molecule has 2 rings (SSSR count). The monoisotopic (exact) mass is 289 g/mol. The molecular formula is C17H27N3O. The summed E-state index contributed by atoms with van der Waals surface area (Å²) >= 11 is 0. The fourth-order valence-corrected chi connectivity index (χ4v) is 2.89. The Labute approximate surface area is 127 Å². The van der Waals surface area contributed by atoms with Crippen molar-refractivity contribution in [2.24, 2.45) is 17.6 Å². The molecule has 1 fully saturated rings. The molecule has 0 aliphatic carbocycles. The Kier molecular flexibility index (Phi) is 5.76. The molecule has 1 amide bonds. The van der Waals surface area contributed by atoms with Gasteiger partial charge < -0.3 is 16.0 Å². The summed E-state index contributed by atoms with van der Waals surface area (Å²) in [7, 11) is 0. The third-order valence-corrected chi connectivity index (χ3v) is 4.00. The second-order valence-electron chi connectivity index (χ2n) is 6.42. The van der Waals surface area contributed by atoms with Gasteiger partial charge in [-0.1, -0.05) is 26.0 Å². The molecule has 0 saturated carbocycles. The first kappa shape index (κ1) is 16.0. The molecule has 1 unspecified atom stereocenters. The van der Waals surface area contributed by atoms with Gasteiger partial charge >= 0.3 is 0 Å². The van der Waals surface area contributed by atoms with Gasteiger partial charge in [0.2, 0.25) is 0 Å². The van der Waals surface area contributed by atoms with E-state index in [1.54, 1.807) is 0 Å². The van der Waals surface area contributed by atoms with E-state index >= 15 is 0 Å². The third kappa shape index (κ3) is 4.83. The third-order valence-electron chi connectivity index (χ3n) is 4.00. The molecule has 1 aromatic rings. The molecule has 116 valence electrons. The number of hydrogen-bond acceptors (Lipinski definition) is 3. The zero-order valence-corrected chi connectivity index (χ0v) is 13.1. The highest BCUT2D eigenvalue weighted by atomic mass is 16.1. The van der Waals surface area contributed by atoms with Crippen molar-refractivity contribution in [3.8, 4) is 0 Å².